The van der Waals surface area contributed by atoms with E-state index in [-0.39, 0.29) is 11.6 Å². The summed E-state index contributed by atoms with van der Waals surface area (Å²) in [4.78, 5) is 21.2. The molecule has 0 aliphatic heterocycles. The first-order valence-electron chi connectivity index (χ1n) is 10.7. The lowest BCUT2D eigenvalue weighted by atomic mass is 10.2. The van der Waals surface area contributed by atoms with Gasteiger partial charge in [0.2, 0.25) is 0 Å². The van der Waals surface area contributed by atoms with Crippen molar-refractivity contribution < 1.29 is 4.79 Å². The molecule has 0 saturated carbocycles. The normalized spacial score (nSPS) is 10.9. The second-order valence-corrected chi connectivity index (χ2v) is 7.88. The summed E-state index contributed by atoms with van der Waals surface area (Å²) in [5.41, 5.74) is 6.30. The fraction of sp³-hybridized carbons (Fsp3) is 0.120. The van der Waals surface area contributed by atoms with E-state index in [9.17, 15) is 4.79 Å². The zero-order valence-electron chi connectivity index (χ0n) is 18.9. The standard InChI is InChI=1S/C25H22N8O/c1-15-16(2)32-33(17(15)3)24-13-12-23(30-31-24)27-18-8-10-19(11-9-18)28-25(34)22-14-26-20-6-4-5-7-21(20)29-22/h4-14H,1-3H3,(H,27,30)(H,28,34). The second kappa shape index (κ2) is 8.70. The lowest BCUT2D eigenvalue weighted by Gasteiger charge is -2.09. The maximum atomic E-state index is 12.6. The summed E-state index contributed by atoms with van der Waals surface area (Å²) < 4.78 is 1.79. The van der Waals surface area contributed by atoms with Crippen molar-refractivity contribution in [1.82, 2.24) is 29.9 Å². The molecule has 5 rings (SSSR count). The molecule has 0 bridgehead atoms. The number of fused-ring (bicyclic) bond motifs is 1. The fourth-order valence-corrected chi connectivity index (χ4v) is 3.50. The molecule has 3 heterocycles. The Labute approximate surface area is 195 Å². The summed E-state index contributed by atoms with van der Waals surface area (Å²) in [6.07, 6.45) is 1.48. The highest BCUT2D eigenvalue weighted by atomic mass is 16.1. The van der Waals surface area contributed by atoms with Crippen LogP contribution in [-0.2, 0) is 0 Å². The molecule has 0 spiro atoms. The van der Waals surface area contributed by atoms with Crippen molar-refractivity contribution in [2.75, 3.05) is 10.6 Å². The molecule has 1 amide bonds. The number of aromatic nitrogens is 6. The van der Waals surface area contributed by atoms with Crippen molar-refractivity contribution in [2.45, 2.75) is 20.8 Å². The highest BCUT2D eigenvalue weighted by Gasteiger charge is 2.11. The predicted octanol–water partition coefficient (Wildman–Crippen LogP) is 4.53. The van der Waals surface area contributed by atoms with E-state index in [4.69, 9.17) is 0 Å². The van der Waals surface area contributed by atoms with Gasteiger partial charge in [-0.1, -0.05) is 12.1 Å². The summed E-state index contributed by atoms with van der Waals surface area (Å²) in [6.45, 7) is 6.03. The number of amides is 1. The second-order valence-electron chi connectivity index (χ2n) is 7.88. The number of hydrogen-bond acceptors (Lipinski definition) is 7. The average Bonchev–Trinajstić information content (AvgIpc) is 3.12. The van der Waals surface area contributed by atoms with Crippen LogP contribution in [-0.4, -0.2) is 35.9 Å². The van der Waals surface area contributed by atoms with Gasteiger partial charge in [0, 0.05) is 17.1 Å². The van der Waals surface area contributed by atoms with Crippen LogP contribution in [0.2, 0.25) is 0 Å². The van der Waals surface area contributed by atoms with Gasteiger partial charge in [0.05, 0.1) is 22.9 Å². The molecule has 0 fully saturated rings. The number of rotatable bonds is 5. The van der Waals surface area contributed by atoms with Crippen LogP contribution in [0.5, 0.6) is 0 Å². The number of benzene rings is 2. The molecule has 5 aromatic rings. The van der Waals surface area contributed by atoms with Crippen LogP contribution in [0.4, 0.5) is 17.2 Å². The van der Waals surface area contributed by atoms with Crippen molar-refractivity contribution in [3.8, 4) is 5.82 Å². The first-order valence-corrected chi connectivity index (χ1v) is 10.7. The van der Waals surface area contributed by atoms with Crippen LogP contribution in [0.15, 0.2) is 66.9 Å². The van der Waals surface area contributed by atoms with Gasteiger partial charge in [-0.05, 0) is 74.9 Å². The summed E-state index contributed by atoms with van der Waals surface area (Å²) in [5.74, 6) is 0.944. The maximum Gasteiger partial charge on any atom is 0.275 e. The molecule has 0 atom stereocenters. The largest absolute Gasteiger partial charge is 0.339 e. The summed E-state index contributed by atoms with van der Waals surface area (Å²) >= 11 is 0. The van der Waals surface area contributed by atoms with Gasteiger partial charge in [-0.15, -0.1) is 10.2 Å². The minimum absolute atomic E-state index is 0.258. The molecule has 9 heteroatoms. The Bertz CT molecular complexity index is 1490. The molecule has 9 nitrogen and oxygen atoms in total. The van der Waals surface area contributed by atoms with Crippen LogP contribution in [0.3, 0.4) is 0 Å². The highest BCUT2D eigenvalue weighted by molar-refractivity contribution is 6.03. The molecular weight excluding hydrogens is 428 g/mol. The monoisotopic (exact) mass is 450 g/mol. The van der Waals surface area contributed by atoms with Gasteiger partial charge in [0.25, 0.3) is 5.91 Å². The number of anilines is 3. The summed E-state index contributed by atoms with van der Waals surface area (Å²) in [6, 6.07) is 18.4. The molecule has 3 aromatic heterocycles. The lowest BCUT2D eigenvalue weighted by Crippen LogP contribution is -2.14. The van der Waals surface area contributed by atoms with Crippen LogP contribution < -0.4 is 10.6 Å². The number of carbonyl (C=O) groups excluding carboxylic acids is 1. The summed E-state index contributed by atoms with van der Waals surface area (Å²) in [7, 11) is 0. The molecular formula is C25H22N8O. The molecule has 168 valence electrons. The fourth-order valence-electron chi connectivity index (χ4n) is 3.50. The van der Waals surface area contributed by atoms with E-state index in [2.05, 4.69) is 35.9 Å². The van der Waals surface area contributed by atoms with Gasteiger partial charge in [0.15, 0.2) is 11.6 Å². The van der Waals surface area contributed by atoms with Gasteiger partial charge in [-0.25, -0.2) is 9.67 Å². The van der Waals surface area contributed by atoms with E-state index in [0.717, 1.165) is 28.2 Å². The third-order valence-corrected chi connectivity index (χ3v) is 5.62. The number of para-hydroxylation sites is 2. The molecule has 2 aromatic carbocycles. The Kier molecular flexibility index (Phi) is 5.43. The van der Waals surface area contributed by atoms with Gasteiger partial charge in [0.1, 0.15) is 5.69 Å². The topological polar surface area (TPSA) is 111 Å². The number of nitrogens with one attached hydrogen (secondary N) is 2. The molecule has 0 unspecified atom stereocenters. The van der Waals surface area contributed by atoms with E-state index in [1.807, 2.05) is 69.3 Å². The third-order valence-electron chi connectivity index (χ3n) is 5.62. The van der Waals surface area contributed by atoms with Gasteiger partial charge < -0.3 is 10.6 Å². The van der Waals surface area contributed by atoms with E-state index < -0.39 is 0 Å². The predicted molar refractivity (Wildman–Crippen MR) is 131 cm³/mol. The van der Waals surface area contributed by atoms with Gasteiger partial charge >= 0.3 is 0 Å². The Hall–Kier alpha value is -4.66. The smallest absolute Gasteiger partial charge is 0.275 e. The molecule has 0 saturated heterocycles. The van der Waals surface area contributed by atoms with Crippen molar-refractivity contribution in [3.05, 3.63) is 89.5 Å². The zero-order valence-corrected chi connectivity index (χ0v) is 18.9. The van der Waals surface area contributed by atoms with E-state index in [0.29, 0.717) is 22.8 Å². The molecule has 0 aliphatic carbocycles. The first kappa shape index (κ1) is 21.2. The number of carbonyl (C=O) groups is 1. The zero-order chi connectivity index (χ0) is 23.7. The molecule has 2 N–H and O–H groups in total. The number of hydrogen-bond donors (Lipinski definition) is 2. The van der Waals surface area contributed by atoms with Crippen LogP contribution in [0, 0.1) is 20.8 Å². The van der Waals surface area contributed by atoms with E-state index in [1.54, 1.807) is 16.8 Å². The molecule has 34 heavy (non-hydrogen) atoms. The Balaban J connectivity index is 1.25. The molecule has 0 radical (unpaired) electrons. The van der Waals surface area contributed by atoms with Gasteiger partial charge in [-0.3, -0.25) is 9.78 Å². The SMILES string of the molecule is Cc1nn(-c2ccc(Nc3ccc(NC(=O)c4cnc5ccccc5n4)cc3)nn2)c(C)c1C. The Morgan fingerprint density at radius 3 is 2.26 bits per heavy atom. The lowest BCUT2D eigenvalue weighted by molar-refractivity contribution is 0.102. The number of aryl methyl sites for hydroxylation is 1. The van der Waals surface area contributed by atoms with Crippen molar-refractivity contribution in [3.63, 3.8) is 0 Å². The first-order chi connectivity index (χ1) is 16.5. The van der Waals surface area contributed by atoms with Crippen LogP contribution in [0.1, 0.15) is 27.4 Å². The van der Waals surface area contributed by atoms with Crippen molar-refractivity contribution in [1.29, 1.82) is 0 Å². The molecule has 0 aliphatic rings. The van der Waals surface area contributed by atoms with E-state index in [1.165, 1.54) is 6.20 Å². The van der Waals surface area contributed by atoms with Crippen molar-refractivity contribution in [2.24, 2.45) is 0 Å². The Morgan fingerprint density at radius 2 is 1.59 bits per heavy atom. The summed E-state index contributed by atoms with van der Waals surface area (Å²) in [5, 5.41) is 19.1. The van der Waals surface area contributed by atoms with E-state index >= 15 is 0 Å². The maximum absolute atomic E-state index is 12.6. The third kappa shape index (κ3) is 4.18. The highest BCUT2D eigenvalue weighted by Crippen LogP contribution is 2.20. The number of nitrogens with zero attached hydrogens (tertiary/aromatic N) is 6. The van der Waals surface area contributed by atoms with Crippen molar-refractivity contribution >= 4 is 34.1 Å². The van der Waals surface area contributed by atoms with Gasteiger partial charge in [-0.2, -0.15) is 5.10 Å². The minimum Gasteiger partial charge on any atom is -0.339 e. The van der Waals surface area contributed by atoms with Crippen LogP contribution in [0.25, 0.3) is 16.9 Å². The minimum atomic E-state index is -0.320. The quantitative estimate of drug-likeness (QED) is 0.405. The van der Waals surface area contributed by atoms with Crippen LogP contribution >= 0.6 is 0 Å². The Morgan fingerprint density at radius 1 is 0.853 bits per heavy atom. The average molecular weight is 451 g/mol.